The molecule has 8 heteroatoms. The summed E-state index contributed by atoms with van der Waals surface area (Å²) >= 11 is 5.96. The van der Waals surface area contributed by atoms with E-state index in [-0.39, 0.29) is 6.54 Å². The molecule has 0 bridgehead atoms. The minimum Gasteiger partial charge on any atom is -0.495 e. The standard InChI is InChI=1S/C15H14ClN3O4/c1-22-13-5-4-10(7-12(13)16)8-18-19-15(21)14(20)17-9-11-3-2-6-23-11/h2-8H,9H2,1H3,(H,17,20)(H,19,21)/b18-8-. The third-order valence-electron chi connectivity index (χ3n) is 2.77. The second-order valence-electron chi connectivity index (χ2n) is 4.36. The number of hydrogen-bond acceptors (Lipinski definition) is 5. The van der Waals surface area contributed by atoms with Gasteiger partial charge in [0.05, 0.1) is 31.2 Å². The number of benzene rings is 1. The molecule has 2 aromatic rings. The average molecular weight is 336 g/mol. The number of hydrazone groups is 1. The number of carbonyl (C=O) groups excluding carboxylic acids is 2. The molecule has 0 aliphatic rings. The first-order valence-corrected chi connectivity index (χ1v) is 6.95. The summed E-state index contributed by atoms with van der Waals surface area (Å²) in [6, 6.07) is 8.36. The molecule has 0 aliphatic heterocycles. The minimum absolute atomic E-state index is 0.122. The largest absolute Gasteiger partial charge is 0.495 e. The number of carbonyl (C=O) groups is 2. The van der Waals surface area contributed by atoms with Gasteiger partial charge in [-0.25, -0.2) is 5.43 Å². The van der Waals surface area contributed by atoms with Crippen LogP contribution in [0.25, 0.3) is 0 Å². The lowest BCUT2D eigenvalue weighted by Crippen LogP contribution is -2.37. The zero-order valence-electron chi connectivity index (χ0n) is 12.2. The molecule has 2 rings (SSSR count). The van der Waals surface area contributed by atoms with Crippen molar-refractivity contribution in [3.05, 3.63) is 52.9 Å². The van der Waals surface area contributed by atoms with Crippen LogP contribution in [0.4, 0.5) is 0 Å². The maximum atomic E-state index is 11.5. The van der Waals surface area contributed by atoms with Crippen LogP contribution in [0.5, 0.6) is 5.75 Å². The number of rotatable bonds is 5. The first-order valence-electron chi connectivity index (χ1n) is 6.57. The molecule has 7 nitrogen and oxygen atoms in total. The van der Waals surface area contributed by atoms with Crippen LogP contribution in [0.1, 0.15) is 11.3 Å². The van der Waals surface area contributed by atoms with Crippen LogP contribution in [-0.2, 0) is 16.1 Å². The van der Waals surface area contributed by atoms with Crippen molar-refractivity contribution in [3.63, 3.8) is 0 Å². The molecule has 0 unspecified atom stereocenters. The van der Waals surface area contributed by atoms with Gasteiger partial charge in [-0.15, -0.1) is 0 Å². The maximum Gasteiger partial charge on any atom is 0.329 e. The summed E-state index contributed by atoms with van der Waals surface area (Å²) in [5.74, 6) is -0.619. The monoisotopic (exact) mass is 335 g/mol. The summed E-state index contributed by atoms with van der Waals surface area (Å²) in [7, 11) is 1.51. The van der Waals surface area contributed by atoms with E-state index < -0.39 is 11.8 Å². The number of furan rings is 1. The SMILES string of the molecule is COc1ccc(/C=N\NC(=O)C(=O)NCc2ccco2)cc1Cl. The zero-order chi connectivity index (χ0) is 16.7. The van der Waals surface area contributed by atoms with E-state index in [1.807, 2.05) is 0 Å². The van der Waals surface area contributed by atoms with Crippen LogP contribution < -0.4 is 15.5 Å². The summed E-state index contributed by atoms with van der Waals surface area (Å²) in [6.45, 7) is 0.122. The number of halogens is 1. The maximum absolute atomic E-state index is 11.5. The Balaban J connectivity index is 1.83. The highest BCUT2D eigenvalue weighted by Gasteiger charge is 2.12. The molecule has 2 amide bonds. The second kappa shape index (κ2) is 8.00. The van der Waals surface area contributed by atoms with Crippen LogP contribution in [-0.4, -0.2) is 25.1 Å². The van der Waals surface area contributed by atoms with E-state index in [0.29, 0.717) is 22.1 Å². The lowest BCUT2D eigenvalue weighted by Gasteiger charge is -2.03. The number of amides is 2. The van der Waals surface area contributed by atoms with Crippen molar-refractivity contribution < 1.29 is 18.7 Å². The molecule has 0 fully saturated rings. The minimum atomic E-state index is -0.882. The first-order chi connectivity index (χ1) is 11.1. The van der Waals surface area contributed by atoms with Crippen molar-refractivity contribution in [1.29, 1.82) is 0 Å². The van der Waals surface area contributed by atoms with Crippen molar-refractivity contribution in [3.8, 4) is 5.75 Å². The van der Waals surface area contributed by atoms with Crippen LogP contribution in [0, 0.1) is 0 Å². The van der Waals surface area contributed by atoms with Gasteiger partial charge in [0.2, 0.25) is 0 Å². The molecule has 0 aliphatic carbocycles. The Morgan fingerprint density at radius 2 is 2.17 bits per heavy atom. The molecule has 0 spiro atoms. The molecular formula is C15H14ClN3O4. The fraction of sp³-hybridized carbons (Fsp3) is 0.133. The molecule has 1 aromatic heterocycles. The summed E-state index contributed by atoms with van der Waals surface area (Å²) in [6.07, 6.45) is 2.84. The highest BCUT2D eigenvalue weighted by Crippen LogP contribution is 2.24. The quantitative estimate of drug-likeness (QED) is 0.494. The molecule has 0 atom stereocenters. The van der Waals surface area contributed by atoms with Gasteiger partial charge in [0, 0.05) is 0 Å². The van der Waals surface area contributed by atoms with E-state index >= 15 is 0 Å². The van der Waals surface area contributed by atoms with E-state index in [0.717, 1.165) is 0 Å². The molecule has 1 heterocycles. The normalized spacial score (nSPS) is 10.5. The summed E-state index contributed by atoms with van der Waals surface area (Å²) in [4.78, 5) is 23.1. The molecule has 2 N–H and O–H groups in total. The molecule has 1 aromatic carbocycles. The van der Waals surface area contributed by atoms with Gasteiger partial charge in [-0.1, -0.05) is 11.6 Å². The number of nitrogens with zero attached hydrogens (tertiary/aromatic N) is 1. The molecule has 0 saturated carbocycles. The zero-order valence-corrected chi connectivity index (χ0v) is 13.0. The molecule has 23 heavy (non-hydrogen) atoms. The van der Waals surface area contributed by atoms with Gasteiger partial charge >= 0.3 is 11.8 Å². The Kier molecular flexibility index (Phi) is 5.76. The van der Waals surface area contributed by atoms with Gasteiger partial charge in [0.15, 0.2) is 0 Å². The first kappa shape index (κ1) is 16.6. The third kappa shape index (κ3) is 4.86. The summed E-state index contributed by atoms with van der Waals surface area (Å²) in [5.41, 5.74) is 2.77. The molecule has 120 valence electrons. The van der Waals surface area contributed by atoms with Crippen LogP contribution in [0.3, 0.4) is 0 Å². The number of hydrogen-bond donors (Lipinski definition) is 2. The predicted octanol–water partition coefficient (Wildman–Crippen LogP) is 1.71. The van der Waals surface area contributed by atoms with Crippen LogP contribution >= 0.6 is 11.6 Å². The van der Waals surface area contributed by atoms with Crippen LogP contribution in [0.2, 0.25) is 5.02 Å². The van der Waals surface area contributed by atoms with Gasteiger partial charge in [0.1, 0.15) is 11.5 Å². The topological polar surface area (TPSA) is 92.9 Å². The Bertz CT molecular complexity index is 714. The van der Waals surface area contributed by atoms with Crippen molar-refractivity contribution in [2.45, 2.75) is 6.54 Å². The van der Waals surface area contributed by atoms with E-state index in [9.17, 15) is 9.59 Å². The molecule has 0 saturated heterocycles. The molecular weight excluding hydrogens is 322 g/mol. The smallest absolute Gasteiger partial charge is 0.329 e. The highest BCUT2D eigenvalue weighted by atomic mass is 35.5. The second-order valence-corrected chi connectivity index (χ2v) is 4.76. The van der Waals surface area contributed by atoms with Gasteiger partial charge in [-0.3, -0.25) is 9.59 Å². The van der Waals surface area contributed by atoms with Gasteiger partial charge in [0.25, 0.3) is 0 Å². The molecule has 0 radical (unpaired) electrons. The predicted molar refractivity (Wildman–Crippen MR) is 84.3 cm³/mol. The van der Waals surface area contributed by atoms with Crippen molar-refractivity contribution in [1.82, 2.24) is 10.7 Å². The fourth-order valence-corrected chi connectivity index (χ4v) is 1.91. The number of ether oxygens (including phenoxy) is 1. The number of nitrogens with one attached hydrogen (secondary N) is 2. The highest BCUT2D eigenvalue weighted by molar-refractivity contribution is 6.35. The lowest BCUT2D eigenvalue weighted by atomic mass is 10.2. The van der Waals surface area contributed by atoms with Gasteiger partial charge in [-0.05, 0) is 35.9 Å². The Morgan fingerprint density at radius 1 is 1.35 bits per heavy atom. The Morgan fingerprint density at radius 3 is 2.83 bits per heavy atom. The van der Waals surface area contributed by atoms with E-state index in [4.69, 9.17) is 20.8 Å². The Hall–Kier alpha value is -2.80. The third-order valence-corrected chi connectivity index (χ3v) is 3.06. The van der Waals surface area contributed by atoms with E-state index in [1.165, 1.54) is 19.6 Å². The summed E-state index contributed by atoms with van der Waals surface area (Å²) in [5, 5.41) is 6.51. The van der Waals surface area contributed by atoms with E-state index in [1.54, 1.807) is 30.3 Å². The van der Waals surface area contributed by atoms with Gasteiger partial charge < -0.3 is 14.5 Å². The average Bonchev–Trinajstić information content (AvgIpc) is 3.06. The lowest BCUT2D eigenvalue weighted by molar-refractivity contribution is -0.139. The van der Waals surface area contributed by atoms with Crippen LogP contribution in [0.15, 0.2) is 46.1 Å². The van der Waals surface area contributed by atoms with Crippen molar-refractivity contribution >= 4 is 29.6 Å². The number of methoxy groups -OCH3 is 1. The summed E-state index contributed by atoms with van der Waals surface area (Å²) < 4.78 is 10.1. The van der Waals surface area contributed by atoms with E-state index in [2.05, 4.69) is 15.8 Å². The van der Waals surface area contributed by atoms with Gasteiger partial charge in [-0.2, -0.15) is 5.10 Å². The Labute approximate surface area is 137 Å². The van der Waals surface area contributed by atoms with Crippen molar-refractivity contribution in [2.24, 2.45) is 5.10 Å². The fourth-order valence-electron chi connectivity index (χ4n) is 1.64. The van der Waals surface area contributed by atoms with Crippen molar-refractivity contribution in [2.75, 3.05) is 7.11 Å².